The highest BCUT2D eigenvalue weighted by atomic mass is 127. The van der Waals surface area contributed by atoms with Gasteiger partial charge in [-0.2, -0.15) is 0 Å². The van der Waals surface area contributed by atoms with Crippen molar-refractivity contribution in [2.75, 3.05) is 5.32 Å². The van der Waals surface area contributed by atoms with Gasteiger partial charge in [0.1, 0.15) is 6.17 Å². The highest BCUT2D eigenvalue weighted by molar-refractivity contribution is 14.1. The van der Waals surface area contributed by atoms with Crippen molar-refractivity contribution in [1.82, 2.24) is 5.32 Å². The molecule has 0 aliphatic heterocycles. The first-order chi connectivity index (χ1) is 12.3. The Morgan fingerprint density at radius 3 is 2.38 bits per heavy atom. The van der Waals surface area contributed by atoms with Crippen LogP contribution in [0.3, 0.4) is 0 Å². The molecule has 0 unspecified atom stereocenters. The van der Waals surface area contributed by atoms with Crippen LogP contribution in [0.15, 0.2) is 66.7 Å². The highest BCUT2D eigenvalue weighted by Crippen LogP contribution is 2.33. The van der Waals surface area contributed by atoms with E-state index >= 15 is 0 Å². The SMILES string of the molecule is O=C(N[C@H](Nc1cccc2ccccc12)C(Cl)(Cl)Cl)c1cccc(I)c1. The second kappa shape index (κ2) is 8.21. The fraction of sp³-hybridized carbons (Fsp3) is 0.105. The van der Waals surface area contributed by atoms with Crippen LogP contribution in [-0.4, -0.2) is 15.9 Å². The Balaban J connectivity index is 1.88. The van der Waals surface area contributed by atoms with Crippen molar-refractivity contribution in [3.63, 3.8) is 0 Å². The minimum atomic E-state index is -1.74. The van der Waals surface area contributed by atoms with Crippen LogP contribution in [0.25, 0.3) is 10.8 Å². The summed E-state index contributed by atoms with van der Waals surface area (Å²) in [5.74, 6) is -0.326. The molecule has 0 saturated carbocycles. The van der Waals surface area contributed by atoms with E-state index in [1.165, 1.54) is 0 Å². The van der Waals surface area contributed by atoms with Crippen LogP contribution >= 0.6 is 57.4 Å². The Kier molecular flexibility index (Phi) is 6.17. The smallest absolute Gasteiger partial charge is 0.253 e. The average Bonchev–Trinajstić information content (AvgIpc) is 2.60. The number of amides is 1. The number of hydrogen-bond donors (Lipinski definition) is 2. The monoisotopic (exact) mass is 518 g/mol. The van der Waals surface area contributed by atoms with Gasteiger partial charge in [-0.3, -0.25) is 4.79 Å². The Morgan fingerprint density at radius 1 is 0.962 bits per heavy atom. The van der Waals surface area contributed by atoms with Crippen molar-refractivity contribution in [1.29, 1.82) is 0 Å². The summed E-state index contributed by atoms with van der Waals surface area (Å²) in [5.41, 5.74) is 1.26. The maximum atomic E-state index is 12.6. The van der Waals surface area contributed by atoms with Crippen LogP contribution in [0.2, 0.25) is 0 Å². The molecular formula is C19H14Cl3IN2O. The summed E-state index contributed by atoms with van der Waals surface area (Å²) < 4.78 is -0.795. The van der Waals surface area contributed by atoms with Gasteiger partial charge in [0.25, 0.3) is 5.91 Å². The minimum Gasteiger partial charge on any atom is -0.361 e. The number of benzene rings is 3. The summed E-state index contributed by atoms with van der Waals surface area (Å²) in [4.78, 5) is 12.6. The van der Waals surface area contributed by atoms with E-state index in [0.29, 0.717) is 5.56 Å². The predicted octanol–water partition coefficient (Wildman–Crippen LogP) is 5.98. The molecule has 0 saturated heterocycles. The van der Waals surface area contributed by atoms with Gasteiger partial charge in [0, 0.05) is 20.2 Å². The number of alkyl halides is 3. The molecule has 0 aromatic heterocycles. The first-order valence-electron chi connectivity index (χ1n) is 7.72. The second-order valence-corrected chi connectivity index (χ2v) is 9.24. The topological polar surface area (TPSA) is 41.1 Å². The number of hydrogen-bond acceptors (Lipinski definition) is 2. The molecule has 3 aromatic rings. The zero-order chi connectivity index (χ0) is 18.7. The highest BCUT2D eigenvalue weighted by Gasteiger charge is 2.34. The summed E-state index contributed by atoms with van der Waals surface area (Å²) in [7, 11) is 0. The van der Waals surface area contributed by atoms with Crippen LogP contribution in [-0.2, 0) is 0 Å². The van der Waals surface area contributed by atoms with Crippen LogP contribution < -0.4 is 10.6 Å². The van der Waals surface area contributed by atoms with Crippen molar-refractivity contribution in [3.8, 4) is 0 Å². The molecule has 0 bridgehead atoms. The largest absolute Gasteiger partial charge is 0.361 e. The molecule has 3 nitrogen and oxygen atoms in total. The summed E-state index contributed by atoms with van der Waals surface area (Å²) in [6, 6.07) is 20.8. The van der Waals surface area contributed by atoms with Gasteiger partial charge in [0.05, 0.1) is 0 Å². The van der Waals surface area contributed by atoms with Crippen molar-refractivity contribution < 1.29 is 4.79 Å². The maximum Gasteiger partial charge on any atom is 0.253 e. The molecule has 0 spiro atoms. The zero-order valence-electron chi connectivity index (χ0n) is 13.3. The van der Waals surface area contributed by atoms with Gasteiger partial charge in [-0.05, 0) is 52.2 Å². The maximum absolute atomic E-state index is 12.6. The van der Waals surface area contributed by atoms with Gasteiger partial charge in [-0.1, -0.05) is 77.3 Å². The molecule has 0 aliphatic carbocycles. The molecule has 0 radical (unpaired) electrons. The van der Waals surface area contributed by atoms with Crippen molar-refractivity contribution in [2.24, 2.45) is 0 Å². The lowest BCUT2D eigenvalue weighted by Gasteiger charge is -2.28. The summed E-state index contributed by atoms with van der Waals surface area (Å²) >= 11 is 20.5. The molecule has 1 amide bonds. The molecule has 0 fully saturated rings. The van der Waals surface area contributed by atoms with Gasteiger partial charge in [0.15, 0.2) is 0 Å². The van der Waals surface area contributed by atoms with Gasteiger partial charge < -0.3 is 10.6 Å². The van der Waals surface area contributed by atoms with Gasteiger partial charge in [-0.25, -0.2) is 0 Å². The second-order valence-electron chi connectivity index (χ2n) is 5.63. The van der Waals surface area contributed by atoms with Crippen molar-refractivity contribution in [2.45, 2.75) is 9.96 Å². The average molecular weight is 520 g/mol. The number of nitrogens with one attached hydrogen (secondary N) is 2. The zero-order valence-corrected chi connectivity index (χ0v) is 17.8. The molecule has 2 N–H and O–H groups in total. The standard InChI is InChI=1S/C19H14Cl3IN2O/c20-19(21,22)18(25-17(26)13-7-3-8-14(23)11-13)24-16-10-4-6-12-5-1-2-9-15(12)16/h1-11,18,24H,(H,25,26)/t18-/m0/s1. The quantitative estimate of drug-likeness (QED) is 0.253. The van der Waals surface area contributed by atoms with E-state index in [1.807, 2.05) is 48.5 Å². The molecule has 134 valence electrons. The minimum absolute atomic E-state index is 0.326. The fourth-order valence-corrected chi connectivity index (χ4v) is 3.42. The molecule has 26 heavy (non-hydrogen) atoms. The third-order valence-electron chi connectivity index (χ3n) is 3.78. The van der Waals surface area contributed by atoms with Gasteiger partial charge in [-0.15, -0.1) is 0 Å². The molecule has 0 heterocycles. The Bertz CT molecular complexity index is 938. The lowest BCUT2D eigenvalue weighted by atomic mass is 10.1. The summed E-state index contributed by atoms with van der Waals surface area (Å²) in [6.45, 7) is 0. The van der Waals surface area contributed by atoms with Gasteiger partial charge >= 0.3 is 0 Å². The lowest BCUT2D eigenvalue weighted by molar-refractivity contribution is 0.0942. The molecule has 3 rings (SSSR count). The Labute approximate surface area is 180 Å². The van der Waals surface area contributed by atoms with Crippen LogP contribution in [0.1, 0.15) is 10.4 Å². The molecule has 3 aromatic carbocycles. The number of anilines is 1. The number of carbonyl (C=O) groups excluding carboxylic acids is 1. The predicted molar refractivity (Wildman–Crippen MR) is 118 cm³/mol. The fourth-order valence-electron chi connectivity index (χ4n) is 2.55. The van der Waals surface area contributed by atoms with E-state index < -0.39 is 9.96 Å². The van der Waals surface area contributed by atoms with Crippen LogP contribution in [0.5, 0.6) is 0 Å². The van der Waals surface area contributed by atoms with E-state index in [2.05, 4.69) is 33.2 Å². The third kappa shape index (κ3) is 4.74. The van der Waals surface area contributed by atoms with Crippen molar-refractivity contribution in [3.05, 3.63) is 75.9 Å². The summed E-state index contributed by atoms with van der Waals surface area (Å²) in [5, 5.41) is 7.93. The van der Waals surface area contributed by atoms with E-state index in [1.54, 1.807) is 18.2 Å². The lowest BCUT2D eigenvalue weighted by Crippen LogP contribution is -2.49. The number of carbonyl (C=O) groups is 1. The summed E-state index contributed by atoms with van der Waals surface area (Å²) in [6.07, 6.45) is -0.913. The number of fused-ring (bicyclic) bond motifs is 1. The first kappa shape index (κ1) is 19.5. The molecular weight excluding hydrogens is 505 g/mol. The molecule has 7 heteroatoms. The van der Waals surface area contributed by atoms with E-state index in [-0.39, 0.29) is 5.91 Å². The van der Waals surface area contributed by atoms with E-state index in [9.17, 15) is 4.79 Å². The van der Waals surface area contributed by atoms with E-state index in [4.69, 9.17) is 34.8 Å². The normalized spacial score (nSPS) is 12.6. The van der Waals surface area contributed by atoms with Crippen molar-refractivity contribution >= 4 is 79.8 Å². The first-order valence-corrected chi connectivity index (χ1v) is 9.93. The Hall–Kier alpha value is -1.21. The molecule has 0 aliphatic rings. The van der Waals surface area contributed by atoms with Crippen LogP contribution in [0.4, 0.5) is 5.69 Å². The third-order valence-corrected chi connectivity index (χ3v) is 5.10. The molecule has 1 atom stereocenters. The number of halogens is 4. The van der Waals surface area contributed by atoms with Gasteiger partial charge in [0.2, 0.25) is 3.79 Å². The van der Waals surface area contributed by atoms with E-state index in [0.717, 1.165) is 20.0 Å². The van der Waals surface area contributed by atoms with Crippen LogP contribution in [0, 0.1) is 3.57 Å². The number of rotatable bonds is 4. The Morgan fingerprint density at radius 2 is 1.65 bits per heavy atom.